The fourth-order valence-corrected chi connectivity index (χ4v) is 2.25. The van der Waals surface area contributed by atoms with Gasteiger partial charge < -0.3 is 24.4 Å². The maximum atomic E-state index is 12.3. The fourth-order valence-electron chi connectivity index (χ4n) is 2.25. The molecule has 2 aromatic carbocycles. The van der Waals surface area contributed by atoms with Gasteiger partial charge in [-0.3, -0.25) is 0 Å². The number of hydroxylamine groups is 2. The number of nitrogens with one attached hydrogen (secondary N) is 1. The Hall–Kier alpha value is -3.88. The van der Waals surface area contributed by atoms with Crippen molar-refractivity contribution in [2.24, 2.45) is 5.92 Å². The molecule has 9 nitrogen and oxygen atoms in total. The molecule has 2 rings (SSSR count). The van der Waals surface area contributed by atoms with Gasteiger partial charge in [0.2, 0.25) is 0 Å². The number of carbonyl (C=O) groups excluding carboxylic acids is 4. The van der Waals surface area contributed by atoms with Gasteiger partial charge >= 0.3 is 18.2 Å². The highest BCUT2D eigenvalue weighted by molar-refractivity contribution is 5.89. The highest BCUT2D eigenvalue weighted by Gasteiger charge is 2.22. The molecule has 0 radical (unpaired) electrons. The zero-order valence-corrected chi connectivity index (χ0v) is 17.1. The molecule has 0 spiro atoms. The van der Waals surface area contributed by atoms with E-state index in [0.717, 1.165) is 5.56 Å². The molecule has 0 aliphatic rings. The summed E-state index contributed by atoms with van der Waals surface area (Å²) in [6.45, 7) is 1.24. The lowest BCUT2D eigenvalue weighted by Crippen LogP contribution is -2.40. The number of aldehydes is 1. The number of rotatable bonds is 9. The Morgan fingerprint density at radius 3 is 2.29 bits per heavy atom. The number of alkyl carbamates (subject to hydrolysis) is 1. The summed E-state index contributed by atoms with van der Waals surface area (Å²) < 4.78 is 10.1. The summed E-state index contributed by atoms with van der Waals surface area (Å²) in [5.74, 6) is -1.28. The second-order valence-electron chi connectivity index (χ2n) is 6.53. The van der Waals surface area contributed by atoms with Gasteiger partial charge in [0.25, 0.3) is 0 Å². The first-order valence-corrected chi connectivity index (χ1v) is 9.61. The highest BCUT2D eigenvalue weighted by Crippen LogP contribution is 2.06. The van der Waals surface area contributed by atoms with Crippen LogP contribution in [0.25, 0.3) is 0 Å². The first-order valence-electron chi connectivity index (χ1n) is 9.61. The largest absolute Gasteiger partial charge is 0.447 e. The predicted octanol–water partition coefficient (Wildman–Crippen LogP) is 2.96. The molecule has 0 bridgehead atoms. The minimum atomic E-state index is -0.961. The number of ether oxygens (including phenoxy) is 2. The van der Waals surface area contributed by atoms with Crippen LogP contribution in [0.2, 0.25) is 0 Å². The monoisotopic (exact) mass is 428 g/mol. The SMILES string of the molecule is CC(C=O)COC(=O)N(CCNC(=O)OCc1ccccc1)OC(=O)c1ccccc1. The van der Waals surface area contributed by atoms with E-state index in [0.29, 0.717) is 11.3 Å². The van der Waals surface area contributed by atoms with E-state index in [4.69, 9.17) is 14.3 Å². The average Bonchev–Trinajstić information content (AvgIpc) is 2.81. The molecule has 0 saturated heterocycles. The highest BCUT2D eigenvalue weighted by atomic mass is 16.8. The molecular formula is C22H24N2O7. The van der Waals surface area contributed by atoms with Crippen LogP contribution >= 0.6 is 0 Å². The van der Waals surface area contributed by atoms with Crippen LogP contribution in [0.15, 0.2) is 60.7 Å². The normalized spacial score (nSPS) is 11.0. The third-order valence-corrected chi connectivity index (χ3v) is 3.91. The molecule has 0 aliphatic carbocycles. The standard InChI is InChI=1S/C22H24N2O7/c1-17(14-25)15-30-22(28)24(31-20(26)19-10-6-3-7-11-19)13-12-23-21(27)29-16-18-8-4-2-5-9-18/h2-11,14,17H,12-13,15-16H2,1H3,(H,23,27). The lowest BCUT2D eigenvalue weighted by Gasteiger charge is -2.21. The summed E-state index contributed by atoms with van der Waals surface area (Å²) in [6.07, 6.45) is -1.02. The van der Waals surface area contributed by atoms with Gasteiger partial charge in [0.1, 0.15) is 19.5 Å². The fraction of sp³-hybridized carbons (Fsp3) is 0.273. The maximum absolute atomic E-state index is 12.3. The number of hydrogen-bond donors (Lipinski definition) is 1. The second-order valence-corrected chi connectivity index (χ2v) is 6.53. The van der Waals surface area contributed by atoms with E-state index >= 15 is 0 Å². The van der Waals surface area contributed by atoms with E-state index < -0.39 is 24.1 Å². The number of amides is 2. The Bertz CT molecular complexity index is 859. The van der Waals surface area contributed by atoms with Crippen LogP contribution in [0.3, 0.4) is 0 Å². The van der Waals surface area contributed by atoms with E-state index in [2.05, 4.69) is 5.32 Å². The summed E-state index contributed by atoms with van der Waals surface area (Å²) >= 11 is 0. The van der Waals surface area contributed by atoms with Crippen molar-refractivity contribution in [3.8, 4) is 0 Å². The summed E-state index contributed by atoms with van der Waals surface area (Å²) in [4.78, 5) is 52.2. The molecular weight excluding hydrogens is 404 g/mol. The first kappa shape index (κ1) is 23.4. The smallest absolute Gasteiger partial charge is 0.443 e. The molecule has 0 aliphatic heterocycles. The third-order valence-electron chi connectivity index (χ3n) is 3.91. The quantitative estimate of drug-likeness (QED) is 0.483. The van der Waals surface area contributed by atoms with Crippen LogP contribution in [-0.2, 0) is 25.7 Å². The molecule has 2 amide bonds. The Labute approximate surface area is 179 Å². The zero-order valence-electron chi connectivity index (χ0n) is 17.1. The summed E-state index contributed by atoms with van der Waals surface area (Å²) in [5.41, 5.74) is 1.06. The average molecular weight is 428 g/mol. The zero-order chi connectivity index (χ0) is 22.5. The number of benzene rings is 2. The van der Waals surface area contributed by atoms with Crippen LogP contribution in [-0.4, -0.2) is 49.2 Å². The van der Waals surface area contributed by atoms with Gasteiger partial charge in [-0.25, -0.2) is 14.4 Å². The summed E-state index contributed by atoms with van der Waals surface area (Å²) in [6, 6.07) is 17.2. The van der Waals surface area contributed by atoms with E-state index in [-0.39, 0.29) is 31.9 Å². The molecule has 164 valence electrons. The van der Waals surface area contributed by atoms with Crippen molar-refractivity contribution < 1.29 is 33.5 Å². The predicted molar refractivity (Wildman–Crippen MR) is 110 cm³/mol. The van der Waals surface area contributed by atoms with E-state index in [1.54, 1.807) is 25.1 Å². The Morgan fingerprint density at radius 2 is 1.65 bits per heavy atom. The molecule has 1 N–H and O–H groups in total. The molecule has 0 fully saturated rings. The van der Waals surface area contributed by atoms with Crippen LogP contribution < -0.4 is 5.32 Å². The Morgan fingerprint density at radius 1 is 1.00 bits per heavy atom. The number of carbonyl (C=O) groups is 4. The molecule has 31 heavy (non-hydrogen) atoms. The lowest BCUT2D eigenvalue weighted by molar-refractivity contribution is -0.113. The molecule has 2 aromatic rings. The molecule has 0 heterocycles. The van der Waals surface area contributed by atoms with Crippen LogP contribution in [0.5, 0.6) is 0 Å². The second kappa shape index (κ2) is 12.6. The van der Waals surface area contributed by atoms with Crippen molar-refractivity contribution in [3.05, 3.63) is 71.8 Å². The third kappa shape index (κ3) is 8.57. The lowest BCUT2D eigenvalue weighted by atomic mass is 10.2. The number of hydrogen-bond acceptors (Lipinski definition) is 7. The van der Waals surface area contributed by atoms with E-state index in [9.17, 15) is 19.2 Å². The number of nitrogens with zero attached hydrogens (tertiary/aromatic N) is 1. The molecule has 9 heteroatoms. The van der Waals surface area contributed by atoms with Gasteiger partial charge in [-0.05, 0) is 17.7 Å². The Kier molecular flexibility index (Phi) is 9.54. The summed E-state index contributed by atoms with van der Waals surface area (Å²) in [7, 11) is 0. The van der Waals surface area contributed by atoms with Gasteiger partial charge in [-0.15, -0.1) is 5.06 Å². The first-order chi connectivity index (χ1) is 15.0. The van der Waals surface area contributed by atoms with Gasteiger partial charge in [0.15, 0.2) is 0 Å². The molecule has 0 aromatic heterocycles. The van der Waals surface area contributed by atoms with Crippen molar-refractivity contribution in [1.29, 1.82) is 0 Å². The van der Waals surface area contributed by atoms with Gasteiger partial charge in [0.05, 0.1) is 12.1 Å². The van der Waals surface area contributed by atoms with Crippen molar-refractivity contribution >= 4 is 24.4 Å². The maximum Gasteiger partial charge on any atom is 0.443 e. The molecule has 1 unspecified atom stereocenters. The summed E-state index contributed by atoms with van der Waals surface area (Å²) in [5, 5.41) is 3.15. The molecule has 0 saturated carbocycles. The van der Waals surface area contributed by atoms with Crippen molar-refractivity contribution in [3.63, 3.8) is 0 Å². The van der Waals surface area contributed by atoms with E-state index in [1.807, 2.05) is 30.3 Å². The Balaban J connectivity index is 1.87. The van der Waals surface area contributed by atoms with Crippen molar-refractivity contribution in [1.82, 2.24) is 10.4 Å². The minimum absolute atomic E-state index is 0.0615. The van der Waals surface area contributed by atoms with Gasteiger partial charge in [0, 0.05) is 12.5 Å². The van der Waals surface area contributed by atoms with Crippen molar-refractivity contribution in [2.75, 3.05) is 19.7 Å². The topological polar surface area (TPSA) is 111 Å². The van der Waals surface area contributed by atoms with Gasteiger partial charge in [-0.2, -0.15) is 0 Å². The van der Waals surface area contributed by atoms with Crippen LogP contribution in [0.1, 0.15) is 22.8 Å². The van der Waals surface area contributed by atoms with Crippen LogP contribution in [0.4, 0.5) is 9.59 Å². The van der Waals surface area contributed by atoms with E-state index in [1.165, 1.54) is 12.1 Å². The molecule has 1 atom stereocenters. The minimum Gasteiger partial charge on any atom is -0.447 e. The van der Waals surface area contributed by atoms with Crippen LogP contribution in [0, 0.1) is 5.92 Å². The van der Waals surface area contributed by atoms with Gasteiger partial charge in [-0.1, -0.05) is 55.5 Å². The van der Waals surface area contributed by atoms with Crippen molar-refractivity contribution in [2.45, 2.75) is 13.5 Å².